The van der Waals surface area contributed by atoms with Gasteiger partial charge in [-0.15, -0.1) is 0 Å². The molecule has 4 rings (SSSR count). The van der Waals surface area contributed by atoms with Crippen LogP contribution in [0.5, 0.6) is 0 Å². The number of hydrogen-bond donors (Lipinski definition) is 2. The van der Waals surface area contributed by atoms with Crippen molar-refractivity contribution in [3.05, 3.63) is 114 Å². The number of Topliss-reactive ketones (excluding diaryl/α,β-unsaturated/α-hetero) is 1. The molecule has 0 unspecified atom stereocenters. The summed E-state index contributed by atoms with van der Waals surface area (Å²) in [5.41, 5.74) is 5.31. The first-order chi connectivity index (χ1) is 16.1. The predicted octanol–water partition coefficient (Wildman–Crippen LogP) is 5.86. The van der Waals surface area contributed by atoms with Crippen LogP contribution in [0.2, 0.25) is 0 Å². The average Bonchev–Trinajstić information content (AvgIpc) is 2.86. The van der Waals surface area contributed by atoms with Crippen LogP contribution in [0.4, 0.5) is 11.4 Å². The van der Waals surface area contributed by atoms with Crippen molar-refractivity contribution in [1.29, 1.82) is 0 Å². The van der Waals surface area contributed by atoms with E-state index in [1.807, 2.05) is 78.9 Å². The highest BCUT2D eigenvalue weighted by Gasteiger charge is 2.16. The van der Waals surface area contributed by atoms with Crippen molar-refractivity contribution in [3.8, 4) is 11.1 Å². The van der Waals surface area contributed by atoms with Gasteiger partial charge < -0.3 is 10.6 Å². The molecular formula is C28H25N3O2. The minimum absolute atomic E-state index is 0.0352. The Morgan fingerprint density at radius 1 is 0.727 bits per heavy atom. The fraction of sp³-hybridized carbons (Fsp3) is 0.107. The van der Waals surface area contributed by atoms with Gasteiger partial charge in [0.25, 0.3) is 5.91 Å². The predicted molar refractivity (Wildman–Crippen MR) is 133 cm³/mol. The molecule has 4 aromatic rings. The van der Waals surface area contributed by atoms with Crippen LogP contribution in [0.1, 0.15) is 33.3 Å². The Morgan fingerprint density at radius 3 is 2.00 bits per heavy atom. The molecule has 0 spiro atoms. The first-order valence-corrected chi connectivity index (χ1v) is 10.9. The van der Waals surface area contributed by atoms with E-state index >= 15 is 0 Å². The largest absolute Gasteiger partial charge is 0.385 e. The Kier molecular flexibility index (Phi) is 6.90. The number of rotatable bonds is 8. The summed E-state index contributed by atoms with van der Waals surface area (Å²) in [4.78, 5) is 29.5. The van der Waals surface area contributed by atoms with E-state index in [0.29, 0.717) is 16.8 Å². The zero-order chi connectivity index (χ0) is 23.0. The minimum atomic E-state index is -0.222. The van der Waals surface area contributed by atoms with Crippen LogP contribution in [0.25, 0.3) is 11.1 Å². The van der Waals surface area contributed by atoms with Gasteiger partial charge in [0.1, 0.15) is 0 Å². The molecule has 0 saturated carbocycles. The SMILES string of the molecule is CC(=O)c1ccccc1-c1ccccc1C(=O)Nc1ccc(NCCc2ccccn2)cc1. The summed E-state index contributed by atoms with van der Waals surface area (Å²) in [6, 6.07) is 28.2. The number of nitrogens with zero attached hydrogens (tertiary/aromatic N) is 1. The van der Waals surface area contributed by atoms with Crippen molar-refractivity contribution in [1.82, 2.24) is 4.98 Å². The first kappa shape index (κ1) is 22.0. The number of pyridine rings is 1. The van der Waals surface area contributed by atoms with Crippen molar-refractivity contribution >= 4 is 23.1 Å². The number of amides is 1. The number of carbonyl (C=O) groups excluding carboxylic acids is 2. The van der Waals surface area contributed by atoms with Crippen LogP contribution in [0.15, 0.2) is 97.2 Å². The molecular weight excluding hydrogens is 410 g/mol. The number of carbonyl (C=O) groups is 2. The molecule has 5 nitrogen and oxygen atoms in total. The van der Waals surface area contributed by atoms with Crippen LogP contribution in [-0.2, 0) is 6.42 Å². The van der Waals surface area contributed by atoms with E-state index < -0.39 is 0 Å². The summed E-state index contributed by atoms with van der Waals surface area (Å²) in [6.45, 7) is 2.30. The lowest BCUT2D eigenvalue weighted by Crippen LogP contribution is -2.13. The van der Waals surface area contributed by atoms with E-state index in [4.69, 9.17) is 0 Å². The Morgan fingerprint density at radius 2 is 1.33 bits per heavy atom. The third kappa shape index (κ3) is 5.52. The molecule has 0 radical (unpaired) electrons. The Bertz CT molecular complexity index is 1250. The molecule has 0 saturated heterocycles. The van der Waals surface area contributed by atoms with Crippen molar-refractivity contribution in [2.45, 2.75) is 13.3 Å². The van der Waals surface area contributed by atoms with Crippen molar-refractivity contribution < 1.29 is 9.59 Å². The second-order valence-electron chi connectivity index (χ2n) is 7.68. The molecule has 0 bridgehead atoms. The van der Waals surface area contributed by atoms with Gasteiger partial charge in [-0.3, -0.25) is 14.6 Å². The molecule has 3 aromatic carbocycles. The van der Waals surface area contributed by atoms with Gasteiger partial charge >= 0.3 is 0 Å². The zero-order valence-electron chi connectivity index (χ0n) is 18.4. The van der Waals surface area contributed by atoms with E-state index in [1.54, 1.807) is 18.3 Å². The monoisotopic (exact) mass is 435 g/mol. The summed E-state index contributed by atoms with van der Waals surface area (Å²) >= 11 is 0. The topological polar surface area (TPSA) is 71.1 Å². The van der Waals surface area contributed by atoms with Gasteiger partial charge in [-0.2, -0.15) is 0 Å². The lowest BCUT2D eigenvalue weighted by atomic mass is 9.93. The lowest BCUT2D eigenvalue weighted by Gasteiger charge is -2.13. The molecule has 5 heteroatoms. The van der Waals surface area contributed by atoms with E-state index in [0.717, 1.165) is 35.5 Å². The maximum atomic E-state index is 13.1. The number of ketones is 1. The van der Waals surface area contributed by atoms with E-state index in [1.165, 1.54) is 6.92 Å². The van der Waals surface area contributed by atoms with Crippen LogP contribution in [0, 0.1) is 0 Å². The van der Waals surface area contributed by atoms with Crippen molar-refractivity contribution in [2.24, 2.45) is 0 Å². The second-order valence-corrected chi connectivity index (χ2v) is 7.68. The smallest absolute Gasteiger partial charge is 0.256 e. The van der Waals surface area contributed by atoms with Crippen LogP contribution in [0.3, 0.4) is 0 Å². The molecule has 1 aromatic heterocycles. The Labute approximate surface area is 193 Å². The van der Waals surface area contributed by atoms with Crippen LogP contribution < -0.4 is 10.6 Å². The average molecular weight is 436 g/mol. The fourth-order valence-corrected chi connectivity index (χ4v) is 3.69. The first-order valence-electron chi connectivity index (χ1n) is 10.9. The normalized spacial score (nSPS) is 10.5. The quantitative estimate of drug-likeness (QED) is 0.340. The summed E-state index contributed by atoms with van der Waals surface area (Å²) in [5, 5.41) is 6.33. The number of benzene rings is 3. The van der Waals surface area contributed by atoms with Gasteiger partial charge in [0.05, 0.1) is 0 Å². The van der Waals surface area contributed by atoms with E-state index in [-0.39, 0.29) is 11.7 Å². The van der Waals surface area contributed by atoms with E-state index in [2.05, 4.69) is 15.6 Å². The third-order valence-corrected chi connectivity index (χ3v) is 5.35. The summed E-state index contributed by atoms with van der Waals surface area (Å²) in [5.74, 6) is -0.258. The van der Waals surface area contributed by atoms with Gasteiger partial charge in [0.2, 0.25) is 0 Å². The highest BCUT2D eigenvalue weighted by molar-refractivity contribution is 6.11. The molecule has 0 fully saturated rings. The van der Waals surface area contributed by atoms with Crippen molar-refractivity contribution in [3.63, 3.8) is 0 Å². The van der Waals surface area contributed by atoms with Gasteiger partial charge in [-0.05, 0) is 60.5 Å². The van der Waals surface area contributed by atoms with Crippen molar-refractivity contribution in [2.75, 3.05) is 17.2 Å². The highest BCUT2D eigenvalue weighted by atomic mass is 16.1. The number of anilines is 2. The molecule has 2 N–H and O–H groups in total. The molecule has 0 aliphatic heterocycles. The molecule has 1 heterocycles. The standard InChI is InChI=1S/C28H25N3O2/c1-20(32)24-9-2-3-10-25(24)26-11-4-5-12-27(26)28(33)31-23-15-13-22(14-16-23)30-19-17-21-8-6-7-18-29-21/h2-16,18,30H,17,19H2,1H3,(H,31,33). The van der Waals surface area contributed by atoms with E-state index in [9.17, 15) is 9.59 Å². The molecule has 164 valence electrons. The summed E-state index contributed by atoms with van der Waals surface area (Å²) in [6.07, 6.45) is 2.63. The maximum Gasteiger partial charge on any atom is 0.256 e. The molecule has 1 amide bonds. The highest BCUT2D eigenvalue weighted by Crippen LogP contribution is 2.28. The fourth-order valence-electron chi connectivity index (χ4n) is 3.69. The second kappa shape index (κ2) is 10.4. The summed E-state index contributed by atoms with van der Waals surface area (Å²) < 4.78 is 0. The van der Waals surface area contributed by atoms with Crippen LogP contribution in [-0.4, -0.2) is 23.2 Å². The van der Waals surface area contributed by atoms with Gasteiger partial charge in [0.15, 0.2) is 5.78 Å². The molecule has 0 aliphatic carbocycles. The minimum Gasteiger partial charge on any atom is -0.385 e. The molecule has 0 aliphatic rings. The summed E-state index contributed by atoms with van der Waals surface area (Å²) in [7, 11) is 0. The number of aromatic nitrogens is 1. The molecule has 33 heavy (non-hydrogen) atoms. The van der Waals surface area contributed by atoms with Gasteiger partial charge in [-0.25, -0.2) is 0 Å². The molecule has 0 atom stereocenters. The number of hydrogen-bond acceptors (Lipinski definition) is 4. The third-order valence-electron chi connectivity index (χ3n) is 5.35. The Hall–Kier alpha value is -4.25. The number of nitrogens with one attached hydrogen (secondary N) is 2. The lowest BCUT2D eigenvalue weighted by molar-refractivity contribution is 0.101. The van der Waals surface area contributed by atoms with Crippen LogP contribution >= 0.6 is 0 Å². The maximum absolute atomic E-state index is 13.1. The zero-order valence-corrected chi connectivity index (χ0v) is 18.4. The Balaban J connectivity index is 1.45. The van der Waals surface area contributed by atoms with Gasteiger partial charge in [0, 0.05) is 47.4 Å². The van der Waals surface area contributed by atoms with Gasteiger partial charge in [-0.1, -0.05) is 48.5 Å².